The van der Waals surface area contributed by atoms with E-state index < -0.39 is 0 Å². The van der Waals surface area contributed by atoms with Crippen LogP contribution in [-0.2, 0) is 11.2 Å². The van der Waals surface area contributed by atoms with E-state index in [0.29, 0.717) is 6.04 Å². The Morgan fingerprint density at radius 1 is 1.42 bits per heavy atom. The second-order valence-electron chi connectivity index (χ2n) is 6.35. The van der Waals surface area contributed by atoms with Crippen molar-refractivity contribution in [2.45, 2.75) is 52.2 Å². The highest BCUT2D eigenvalue weighted by atomic mass is 16.5. The topological polar surface area (TPSA) is 47.0 Å². The minimum Gasteiger partial charge on any atom is -0.373 e. The van der Waals surface area contributed by atoms with Crippen molar-refractivity contribution in [3.63, 3.8) is 0 Å². The number of hydrogen-bond donors (Lipinski definition) is 1. The summed E-state index contributed by atoms with van der Waals surface area (Å²) in [6.45, 7) is 6.46. The number of hydrogen-bond acceptors (Lipinski definition) is 4. The lowest BCUT2D eigenvalue weighted by Gasteiger charge is -2.30. The summed E-state index contributed by atoms with van der Waals surface area (Å²) >= 11 is 0. The Bertz CT molecular complexity index is 440. The van der Waals surface area contributed by atoms with Gasteiger partial charge >= 0.3 is 0 Å². The molecule has 2 atom stereocenters. The Morgan fingerprint density at radius 2 is 2.16 bits per heavy atom. The largest absolute Gasteiger partial charge is 0.373 e. The van der Waals surface area contributed by atoms with Gasteiger partial charge in [-0.15, -0.1) is 0 Å². The molecule has 0 amide bonds. The average Bonchev–Trinajstić information content (AvgIpc) is 2.36. The molecular formula is C15H25N3O. The highest BCUT2D eigenvalue weighted by molar-refractivity contribution is 5.25. The zero-order chi connectivity index (χ0) is 14.0. The Morgan fingerprint density at radius 3 is 2.74 bits per heavy atom. The number of rotatable bonds is 3. The molecular weight excluding hydrogens is 238 g/mol. The van der Waals surface area contributed by atoms with E-state index in [-0.39, 0.29) is 11.5 Å². The molecule has 1 N–H and O–H groups in total. The Hall–Kier alpha value is -1.00. The maximum atomic E-state index is 5.60. The van der Waals surface area contributed by atoms with Gasteiger partial charge in [-0.1, -0.05) is 20.8 Å². The van der Waals surface area contributed by atoms with Gasteiger partial charge < -0.3 is 10.1 Å². The molecule has 4 nitrogen and oxygen atoms in total. The van der Waals surface area contributed by atoms with Gasteiger partial charge in [-0.3, -0.25) is 0 Å². The summed E-state index contributed by atoms with van der Waals surface area (Å²) in [6.07, 6.45) is 5.31. The van der Waals surface area contributed by atoms with Gasteiger partial charge in [0.25, 0.3) is 0 Å². The van der Waals surface area contributed by atoms with Crippen LogP contribution in [0.1, 0.15) is 62.8 Å². The molecule has 1 aromatic heterocycles. The lowest BCUT2D eigenvalue weighted by atomic mass is 9.87. The average molecular weight is 263 g/mol. The zero-order valence-corrected chi connectivity index (χ0v) is 12.7. The lowest BCUT2D eigenvalue weighted by Crippen LogP contribution is -2.26. The van der Waals surface area contributed by atoms with Crippen LogP contribution in [-0.4, -0.2) is 24.1 Å². The molecule has 1 aliphatic carbocycles. The molecule has 0 radical (unpaired) electrons. The molecule has 0 aliphatic heterocycles. The minimum atomic E-state index is -0.0623. The fourth-order valence-corrected chi connectivity index (χ4v) is 2.83. The highest BCUT2D eigenvalue weighted by Gasteiger charge is 2.30. The number of ether oxygens (including phenoxy) is 1. The van der Waals surface area contributed by atoms with E-state index >= 15 is 0 Å². The van der Waals surface area contributed by atoms with Gasteiger partial charge in [0.2, 0.25) is 0 Å². The quantitative estimate of drug-likeness (QED) is 0.911. The third kappa shape index (κ3) is 2.95. The van der Waals surface area contributed by atoms with Crippen LogP contribution in [0.15, 0.2) is 6.20 Å². The Kier molecular flexibility index (Phi) is 4.21. The van der Waals surface area contributed by atoms with Crippen molar-refractivity contribution < 1.29 is 4.74 Å². The van der Waals surface area contributed by atoms with Gasteiger partial charge in [0.1, 0.15) is 6.10 Å². The molecule has 0 bridgehead atoms. The number of nitrogens with one attached hydrogen (secondary N) is 1. The highest BCUT2D eigenvalue weighted by Crippen LogP contribution is 2.35. The van der Waals surface area contributed by atoms with E-state index in [0.717, 1.165) is 12.2 Å². The van der Waals surface area contributed by atoms with E-state index in [4.69, 9.17) is 9.72 Å². The predicted octanol–water partition coefficient (Wildman–Crippen LogP) is 2.81. The summed E-state index contributed by atoms with van der Waals surface area (Å²) in [6, 6.07) is 0.397. The van der Waals surface area contributed by atoms with Crippen LogP contribution in [0.5, 0.6) is 0 Å². The summed E-state index contributed by atoms with van der Waals surface area (Å²) in [5, 5.41) is 3.34. The number of aryl methyl sites for hydroxylation is 1. The van der Waals surface area contributed by atoms with Gasteiger partial charge in [0.05, 0.1) is 0 Å². The second kappa shape index (κ2) is 5.55. The van der Waals surface area contributed by atoms with E-state index in [1.54, 1.807) is 7.11 Å². The van der Waals surface area contributed by atoms with E-state index in [2.05, 4.69) is 31.1 Å². The molecule has 4 heteroatoms. The van der Waals surface area contributed by atoms with Gasteiger partial charge in [-0.05, 0) is 31.7 Å². The summed E-state index contributed by atoms with van der Waals surface area (Å²) in [4.78, 5) is 9.32. The van der Waals surface area contributed by atoms with Gasteiger partial charge in [0, 0.05) is 30.6 Å². The SMILES string of the molecule is CNC1CCCc2nc(C(OC)C(C)(C)C)ncc21. The standard InChI is InChI=1S/C15H25N3O/c1-15(2,3)13(19-5)14-17-9-10-11(16-4)7-6-8-12(10)18-14/h9,11,13,16H,6-8H2,1-5H3. The van der Waals surface area contributed by atoms with Crippen molar-refractivity contribution in [1.82, 2.24) is 15.3 Å². The number of fused-ring (bicyclic) bond motifs is 1. The Balaban J connectivity index is 2.35. The fraction of sp³-hybridized carbons (Fsp3) is 0.733. The van der Waals surface area contributed by atoms with Crippen LogP contribution < -0.4 is 5.32 Å². The first kappa shape index (κ1) is 14.4. The maximum Gasteiger partial charge on any atom is 0.157 e. The van der Waals surface area contributed by atoms with Crippen LogP contribution in [0.2, 0.25) is 0 Å². The van der Waals surface area contributed by atoms with Gasteiger partial charge in [0.15, 0.2) is 5.82 Å². The first-order valence-electron chi connectivity index (χ1n) is 7.03. The van der Waals surface area contributed by atoms with Crippen LogP contribution in [0, 0.1) is 5.41 Å². The fourth-order valence-electron chi connectivity index (χ4n) is 2.83. The molecule has 2 rings (SSSR count). The van der Waals surface area contributed by atoms with E-state index in [1.165, 1.54) is 24.1 Å². The lowest BCUT2D eigenvalue weighted by molar-refractivity contribution is 0.00839. The van der Waals surface area contributed by atoms with Crippen LogP contribution in [0.25, 0.3) is 0 Å². The molecule has 106 valence electrons. The van der Waals surface area contributed by atoms with Crippen molar-refractivity contribution >= 4 is 0 Å². The van der Waals surface area contributed by atoms with Crippen molar-refractivity contribution in [3.05, 3.63) is 23.3 Å². The number of nitrogens with zero attached hydrogens (tertiary/aromatic N) is 2. The monoisotopic (exact) mass is 263 g/mol. The molecule has 1 heterocycles. The molecule has 0 saturated carbocycles. The third-order valence-electron chi connectivity index (χ3n) is 3.81. The van der Waals surface area contributed by atoms with Crippen molar-refractivity contribution in [3.8, 4) is 0 Å². The second-order valence-corrected chi connectivity index (χ2v) is 6.35. The normalized spacial score (nSPS) is 21.0. The first-order chi connectivity index (χ1) is 8.97. The maximum absolute atomic E-state index is 5.60. The third-order valence-corrected chi connectivity index (χ3v) is 3.81. The predicted molar refractivity (Wildman–Crippen MR) is 76.0 cm³/mol. The van der Waals surface area contributed by atoms with Gasteiger partial charge in [-0.2, -0.15) is 0 Å². The number of aromatic nitrogens is 2. The van der Waals surface area contributed by atoms with Crippen molar-refractivity contribution in [2.24, 2.45) is 5.41 Å². The minimum absolute atomic E-state index is 0.0000607. The van der Waals surface area contributed by atoms with Crippen LogP contribution in [0.4, 0.5) is 0 Å². The molecule has 0 fully saturated rings. The Labute approximate surface area is 116 Å². The van der Waals surface area contributed by atoms with Crippen LogP contribution >= 0.6 is 0 Å². The summed E-state index contributed by atoms with van der Waals surface area (Å²) < 4.78 is 5.60. The molecule has 2 unspecified atom stereocenters. The van der Waals surface area contributed by atoms with Gasteiger partial charge in [-0.25, -0.2) is 9.97 Å². The molecule has 0 spiro atoms. The first-order valence-corrected chi connectivity index (χ1v) is 7.03. The molecule has 19 heavy (non-hydrogen) atoms. The molecule has 0 saturated heterocycles. The smallest absolute Gasteiger partial charge is 0.157 e. The number of methoxy groups -OCH3 is 1. The molecule has 1 aliphatic rings. The van der Waals surface area contributed by atoms with Crippen molar-refractivity contribution in [2.75, 3.05) is 14.2 Å². The van der Waals surface area contributed by atoms with E-state index in [9.17, 15) is 0 Å². The van der Waals surface area contributed by atoms with E-state index in [1.807, 2.05) is 13.2 Å². The summed E-state index contributed by atoms with van der Waals surface area (Å²) in [5.74, 6) is 0.811. The molecule has 0 aromatic carbocycles. The van der Waals surface area contributed by atoms with Crippen LogP contribution in [0.3, 0.4) is 0 Å². The van der Waals surface area contributed by atoms with Crippen molar-refractivity contribution in [1.29, 1.82) is 0 Å². The zero-order valence-electron chi connectivity index (χ0n) is 12.7. The molecule has 1 aromatic rings. The summed E-state index contributed by atoms with van der Waals surface area (Å²) in [5.41, 5.74) is 2.43. The summed E-state index contributed by atoms with van der Waals surface area (Å²) in [7, 11) is 3.73.